The topological polar surface area (TPSA) is 0 Å². The molecule has 32 heavy (non-hydrogen) atoms. The molecule has 2 heteroatoms. The van der Waals surface area contributed by atoms with E-state index >= 15 is 0 Å². The summed E-state index contributed by atoms with van der Waals surface area (Å²) in [6.07, 6.45) is 0. The first-order chi connectivity index (χ1) is 15.8. The molecule has 0 amide bonds. The molecule has 0 aromatic heterocycles. The van der Waals surface area contributed by atoms with Crippen LogP contribution in [0, 0.1) is 0 Å². The van der Waals surface area contributed by atoms with E-state index in [0.29, 0.717) is 0 Å². The standard InChI is InChI=1S/C30H19ClSi/c31-25-15-5-1-10-20(25)23-14-9-19-29-30(23)24-13-4-8-18-28(24)32(29)26-16-6-2-11-21(26)22-12-3-7-17-27(22)32/h1-19H. The number of fused-ring (bicyclic) bond motifs is 10. The molecule has 2 aliphatic rings. The fraction of sp³-hybridized carbons (Fsp3) is 0. The van der Waals surface area contributed by atoms with Crippen molar-refractivity contribution in [3.8, 4) is 33.4 Å². The zero-order chi connectivity index (χ0) is 21.3. The van der Waals surface area contributed by atoms with E-state index in [9.17, 15) is 0 Å². The van der Waals surface area contributed by atoms with E-state index < -0.39 is 8.07 Å². The molecule has 0 N–H and O–H groups in total. The number of hydrogen-bond donors (Lipinski definition) is 0. The second-order valence-electron chi connectivity index (χ2n) is 8.59. The molecule has 5 aromatic carbocycles. The summed E-state index contributed by atoms with van der Waals surface area (Å²) < 4.78 is 0. The van der Waals surface area contributed by atoms with Gasteiger partial charge in [-0.15, -0.1) is 0 Å². The van der Waals surface area contributed by atoms with Crippen molar-refractivity contribution in [1.29, 1.82) is 0 Å². The van der Waals surface area contributed by atoms with Gasteiger partial charge in [-0.1, -0.05) is 121 Å². The minimum absolute atomic E-state index is 0.799. The molecule has 1 spiro atoms. The average molecular weight is 443 g/mol. The maximum Gasteiger partial charge on any atom is 0.182 e. The van der Waals surface area contributed by atoms with Gasteiger partial charge in [-0.25, -0.2) is 0 Å². The Hall–Kier alpha value is -3.39. The lowest BCUT2D eigenvalue weighted by Crippen LogP contribution is -2.70. The largest absolute Gasteiger partial charge is 0.182 e. The van der Waals surface area contributed by atoms with E-state index in [1.54, 1.807) is 0 Å². The lowest BCUT2D eigenvalue weighted by Gasteiger charge is -2.27. The van der Waals surface area contributed by atoms with E-state index in [1.807, 2.05) is 12.1 Å². The number of benzene rings is 5. The van der Waals surface area contributed by atoms with E-state index in [0.717, 1.165) is 10.6 Å². The van der Waals surface area contributed by atoms with Gasteiger partial charge in [0.2, 0.25) is 0 Å². The fourth-order valence-corrected chi connectivity index (χ4v) is 11.9. The Labute approximate surface area is 193 Å². The summed E-state index contributed by atoms with van der Waals surface area (Å²) in [5.41, 5.74) is 7.82. The van der Waals surface area contributed by atoms with Crippen molar-refractivity contribution in [3.63, 3.8) is 0 Å². The highest BCUT2D eigenvalue weighted by molar-refractivity contribution is 7.24. The van der Waals surface area contributed by atoms with Gasteiger partial charge in [-0.3, -0.25) is 0 Å². The fourth-order valence-electron chi connectivity index (χ4n) is 6.05. The van der Waals surface area contributed by atoms with E-state index in [4.69, 9.17) is 11.6 Å². The van der Waals surface area contributed by atoms with Crippen molar-refractivity contribution in [2.45, 2.75) is 0 Å². The van der Waals surface area contributed by atoms with Crippen molar-refractivity contribution in [1.82, 2.24) is 0 Å². The molecule has 0 radical (unpaired) electrons. The van der Waals surface area contributed by atoms with Gasteiger partial charge in [0, 0.05) is 10.6 Å². The van der Waals surface area contributed by atoms with Gasteiger partial charge in [-0.2, -0.15) is 0 Å². The Morgan fingerprint density at radius 3 is 1.44 bits per heavy atom. The van der Waals surface area contributed by atoms with Crippen molar-refractivity contribution in [2.24, 2.45) is 0 Å². The van der Waals surface area contributed by atoms with Crippen LogP contribution in [-0.4, -0.2) is 8.07 Å². The number of halogens is 1. The van der Waals surface area contributed by atoms with Gasteiger partial charge >= 0.3 is 0 Å². The molecule has 0 fully saturated rings. The van der Waals surface area contributed by atoms with Crippen LogP contribution < -0.4 is 20.7 Å². The monoisotopic (exact) mass is 442 g/mol. The highest BCUT2D eigenvalue weighted by Gasteiger charge is 2.54. The minimum Gasteiger partial charge on any atom is -0.0837 e. The molecule has 0 saturated heterocycles. The predicted molar refractivity (Wildman–Crippen MR) is 138 cm³/mol. The summed E-state index contributed by atoms with van der Waals surface area (Å²) in [4.78, 5) is 0. The Kier molecular flexibility index (Phi) is 3.73. The van der Waals surface area contributed by atoms with Gasteiger partial charge in [0.05, 0.1) is 0 Å². The first kappa shape index (κ1) is 18.2. The average Bonchev–Trinajstić information content (AvgIpc) is 3.32. The SMILES string of the molecule is Clc1ccccc1-c1cccc2c1-c1ccccc1[Si]21c2ccccc2-c2ccccc21. The van der Waals surface area contributed by atoms with Crippen molar-refractivity contribution >= 4 is 40.4 Å². The first-order valence-corrected chi connectivity index (χ1v) is 13.4. The van der Waals surface area contributed by atoms with Crippen LogP contribution in [0.1, 0.15) is 0 Å². The molecule has 7 rings (SSSR count). The van der Waals surface area contributed by atoms with Crippen LogP contribution in [0.4, 0.5) is 0 Å². The number of hydrogen-bond acceptors (Lipinski definition) is 0. The molecule has 0 aliphatic carbocycles. The highest BCUT2D eigenvalue weighted by Crippen LogP contribution is 2.41. The lowest BCUT2D eigenvalue weighted by molar-refractivity contribution is 1.62. The molecule has 0 unspecified atom stereocenters. The van der Waals surface area contributed by atoms with Crippen molar-refractivity contribution in [3.05, 3.63) is 120 Å². The second-order valence-corrected chi connectivity index (χ2v) is 12.7. The summed E-state index contributed by atoms with van der Waals surface area (Å²) in [6, 6.07) is 42.2. The Balaban J connectivity index is 1.68. The molecule has 2 heterocycles. The van der Waals surface area contributed by atoms with Crippen LogP contribution in [0.25, 0.3) is 33.4 Å². The molecule has 5 aromatic rings. The molecular formula is C30H19ClSi. The van der Waals surface area contributed by atoms with E-state index in [2.05, 4.69) is 103 Å². The first-order valence-electron chi connectivity index (χ1n) is 11.0. The predicted octanol–water partition coefficient (Wildman–Crippen LogP) is 5.35. The molecule has 0 bridgehead atoms. The third-order valence-electron chi connectivity index (χ3n) is 7.19. The smallest absolute Gasteiger partial charge is 0.0837 e. The normalized spacial score (nSPS) is 14.0. The summed E-state index contributed by atoms with van der Waals surface area (Å²) in [7, 11) is -2.38. The molecule has 0 nitrogen and oxygen atoms in total. The number of rotatable bonds is 1. The van der Waals surface area contributed by atoms with Gasteiger partial charge in [0.25, 0.3) is 0 Å². The minimum atomic E-state index is -2.38. The second kappa shape index (κ2) is 6.55. The van der Waals surface area contributed by atoms with Crippen LogP contribution in [0.2, 0.25) is 5.02 Å². The maximum absolute atomic E-state index is 6.71. The Morgan fingerprint density at radius 2 is 0.812 bits per heavy atom. The van der Waals surface area contributed by atoms with Crippen LogP contribution in [0.5, 0.6) is 0 Å². The summed E-state index contributed by atoms with van der Waals surface area (Å²) >= 11 is 6.71. The van der Waals surface area contributed by atoms with Crippen LogP contribution in [0.3, 0.4) is 0 Å². The van der Waals surface area contributed by atoms with Crippen molar-refractivity contribution < 1.29 is 0 Å². The molecular weight excluding hydrogens is 424 g/mol. The third-order valence-corrected chi connectivity index (χ3v) is 12.5. The zero-order valence-electron chi connectivity index (χ0n) is 17.3. The van der Waals surface area contributed by atoms with Crippen LogP contribution >= 0.6 is 11.6 Å². The van der Waals surface area contributed by atoms with E-state index in [-0.39, 0.29) is 0 Å². The summed E-state index contributed by atoms with van der Waals surface area (Å²) in [5.74, 6) is 0. The quantitative estimate of drug-likeness (QED) is 0.301. The summed E-state index contributed by atoms with van der Waals surface area (Å²) in [6.45, 7) is 0. The maximum atomic E-state index is 6.71. The van der Waals surface area contributed by atoms with Gasteiger partial charge in [-0.05, 0) is 54.6 Å². The molecule has 2 aliphatic heterocycles. The van der Waals surface area contributed by atoms with Gasteiger partial charge in [0.15, 0.2) is 8.07 Å². The molecule has 0 saturated carbocycles. The van der Waals surface area contributed by atoms with Gasteiger partial charge in [0.1, 0.15) is 0 Å². The van der Waals surface area contributed by atoms with Crippen molar-refractivity contribution in [2.75, 3.05) is 0 Å². The van der Waals surface area contributed by atoms with Crippen LogP contribution in [0.15, 0.2) is 115 Å². The van der Waals surface area contributed by atoms with Gasteiger partial charge < -0.3 is 0 Å². The van der Waals surface area contributed by atoms with E-state index in [1.165, 1.54) is 48.6 Å². The highest BCUT2D eigenvalue weighted by atomic mass is 35.5. The zero-order valence-corrected chi connectivity index (χ0v) is 19.1. The lowest BCUT2D eigenvalue weighted by atomic mass is 9.95. The molecule has 0 atom stereocenters. The summed E-state index contributed by atoms with van der Waals surface area (Å²) in [5, 5.41) is 6.78. The Morgan fingerprint density at radius 1 is 0.375 bits per heavy atom. The third kappa shape index (κ3) is 2.13. The Bertz CT molecular complexity index is 1500. The molecule has 150 valence electrons. The van der Waals surface area contributed by atoms with Crippen LogP contribution in [-0.2, 0) is 0 Å².